The van der Waals surface area contributed by atoms with E-state index in [-0.39, 0.29) is 36.3 Å². The lowest BCUT2D eigenvalue weighted by atomic mass is 9.52. The number of ether oxygens (including phenoxy) is 7. The van der Waals surface area contributed by atoms with Crippen molar-refractivity contribution in [1.82, 2.24) is 0 Å². The quantitative estimate of drug-likeness (QED) is 0.0317. The molecule has 1 aromatic rings. The highest BCUT2D eigenvalue weighted by molar-refractivity contribution is 7.84. The number of halogens is 5. The lowest BCUT2D eigenvalue weighted by Crippen LogP contribution is -2.47. The number of unbranched alkanes of at least 4 members (excludes halogenated alkanes) is 6. The number of aliphatic hydroxyl groups is 1. The summed E-state index contributed by atoms with van der Waals surface area (Å²) in [5.41, 5.74) is 2.56. The van der Waals surface area contributed by atoms with E-state index in [9.17, 15) is 36.1 Å². The average Bonchev–Trinajstić information content (AvgIpc) is 3.53. The predicted molar refractivity (Wildman–Crippen MR) is 227 cm³/mol. The van der Waals surface area contributed by atoms with E-state index in [1.165, 1.54) is 11.1 Å². The van der Waals surface area contributed by atoms with Crippen molar-refractivity contribution in [3.05, 3.63) is 29.3 Å². The zero-order valence-electron chi connectivity index (χ0n) is 37.0. The van der Waals surface area contributed by atoms with Crippen LogP contribution in [0.2, 0.25) is 0 Å². The Kier molecular flexibility index (Phi) is 23.5. The fourth-order valence-corrected chi connectivity index (χ4v) is 11.0. The Morgan fingerprint density at radius 2 is 1.32 bits per heavy atom. The van der Waals surface area contributed by atoms with Crippen molar-refractivity contribution in [2.75, 3.05) is 91.3 Å². The fourth-order valence-electron chi connectivity index (χ4n) is 9.80. The minimum atomic E-state index is -5.57. The Morgan fingerprint density at radius 3 is 1.94 bits per heavy atom. The van der Waals surface area contributed by atoms with Gasteiger partial charge in [0, 0.05) is 35.8 Å². The Balaban J connectivity index is 1.12. The third kappa shape index (κ3) is 17.2. The van der Waals surface area contributed by atoms with E-state index in [0.717, 1.165) is 77.0 Å². The first-order valence-corrected chi connectivity index (χ1v) is 24.4. The molecular formula is C46H73F5O10S. The van der Waals surface area contributed by atoms with E-state index in [4.69, 9.17) is 33.2 Å². The minimum Gasteiger partial charge on any atom is -0.426 e. The van der Waals surface area contributed by atoms with E-state index in [0.29, 0.717) is 108 Å². The lowest BCUT2D eigenvalue weighted by molar-refractivity contribution is -0.284. The molecule has 0 bridgehead atoms. The number of carbonyl (C=O) groups is 1. The van der Waals surface area contributed by atoms with Gasteiger partial charge in [0.05, 0.1) is 85.2 Å². The molecule has 7 atom stereocenters. The smallest absolute Gasteiger partial charge is 0.426 e. The van der Waals surface area contributed by atoms with Crippen LogP contribution in [0.3, 0.4) is 0 Å². The maximum absolute atomic E-state index is 13.1. The summed E-state index contributed by atoms with van der Waals surface area (Å²) < 4.78 is 113. The number of hydrogen-bond donors (Lipinski definition) is 1. The van der Waals surface area contributed by atoms with Crippen LogP contribution in [0.4, 0.5) is 22.0 Å². The maximum Gasteiger partial charge on any atom is 0.453 e. The molecule has 10 nitrogen and oxygen atoms in total. The molecule has 0 amide bonds. The molecule has 3 aliphatic rings. The second kappa shape index (κ2) is 27.6. The van der Waals surface area contributed by atoms with Gasteiger partial charge in [-0.25, -0.2) is 0 Å². The van der Waals surface area contributed by atoms with Crippen LogP contribution in [0, 0.1) is 23.2 Å². The Morgan fingerprint density at radius 1 is 0.758 bits per heavy atom. The van der Waals surface area contributed by atoms with Crippen LogP contribution in [0.25, 0.3) is 0 Å². The number of carbonyl (C=O) groups excluding carboxylic acids is 1. The summed E-state index contributed by atoms with van der Waals surface area (Å²) in [6.45, 7) is 7.26. The van der Waals surface area contributed by atoms with Gasteiger partial charge >= 0.3 is 18.1 Å². The van der Waals surface area contributed by atoms with Crippen molar-refractivity contribution in [1.29, 1.82) is 0 Å². The first-order valence-electron chi connectivity index (χ1n) is 23.0. The van der Waals surface area contributed by atoms with Gasteiger partial charge in [0.1, 0.15) is 5.75 Å². The molecule has 1 N–H and O–H groups in total. The summed E-state index contributed by atoms with van der Waals surface area (Å²) in [5.74, 6) is -2.47. The molecule has 2 fully saturated rings. The van der Waals surface area contributed by atoms with Crippen molar-refractivity contribution in [2.24, 2.45) is 23.2 Å². The SMILES string of the molecule is COCCOCCOCCOCCOCCOCCC(=O)Oc1ccc2c(c1)C[C@@H](CCCCCCCCCS(=O)CCCC(F)(F)C(F)(F)F)[C@@H]1[C@@H]2CC[C@]2(C)[C@@H](O)CC[C@@H]12. The number of benzene rings is 1. The molecule has 0 radical (unpaired) electrons. The molecular weight excluding hydrogens is 840 g/mol. The molecule has 1 aromatic carbocycles. The zero-order valence-corrected chi connectivity index (χ0v) is 37.9. The summed E-state index contributed by atoms with van der Waals surface area (Å²) in [6.07, 6.45) is 5.31. The summed E-state index contributed by atoms with van der Waals surface area (Å²) in [7, 11) is 0.240. The van der Waals surface area contributed by atoms with E-state index in [1.807, 2.05) is 6.07 Å². The molecule has 2 saturated carbocycles. The third-order valence-electron chi connectivity index (χ3n) is 13.1. The van der Waals surface area contributed by atoms with Crippen LogP contribution >= 0.6 is 0 Å². The highest BCUT2D eigenvalue weighted by Crippen LogP contribution is 2.62. The first-order chi connectivity index (χ1) is 29.8. The van der Waals surface area contributed by atoms with Crippen LogP contribution in [0.1, 0.15) is 120 Å². The van der Waals surface area contributed by atoms with E-state index in [1.54, 1.807) is 7.11 Å². The minimum absolute atomic E-state index is 0.0523. The topological polar surface area (TPSA) is 119 Å². The first kappa shape index (κ1) is 52.8. The van der Waals surface area contributed by atoms with Crippen molar-refractivity contribution in [3.8, 4) is 5.75 Å². The number of rotatable bonds is 33. The number of fused-ring (bicyclic) bond motifs is 5. The van der Waals surface area contributed by atoms with Crippen LogP contribution in [-0.2, 0) is 50.4 Å². The maximum atomic E-state index is 13.1. The molecule has 16 heteroatoms. The monoisotopic (exact) mass is 912 g/mol. The molecule has 4 rings (SSSR count). The lowest BCUT2D eigenvalue weighted by Gasteiger charge is -2.53. The van der Waals surface area contributed by atoms with Gasteiger partial charge in [-0.2, -0.15) is 22.0 Å². The largest absolute Gasteiger partial charge is 0.453 e. The Hall–Kier alpha value is -1.79. The van der Waals surface area contributed by atoms with Gasteiger partial charge in [0.25, 0.3) is 0 Å². The highest BCUT2D eigenvalue weighted by Gasteiger charge is 2.57. The molecule has 0 heterocycles. The van der Waals surface area contributed by atoms with Crippen LogP contribution in [-0.4, -0.2) is 125 Å². The van der Waals surface area contributed by atoms with E-state index >= 15 is 0 Å². The van der Waals surface area contributed by atoms with E-state index < -0.39 is 35.7 Å². The van der Waals surface area contributed by atoms with Gasteiger partial charge in [-0.15, -0.1) is 0 Å². The second-order valence-electron chi connectivity index (χ2n) is 17.4. The molecule has 0 saturated heterocycles. The van der Waals surface area contributed by atoms with Crippen LogP contribution < -0.4 is 4.74 Å². The van der Waals surface area contributed by atoms with Gasteiger partial charge in [0.2, 0.25) is 0 Å². The Bertz CT molecular complexity index is 1450. The standard InChI is InChI=1S/C46H73F5O10S/c1-44-19-16-39-38-13-12-37(61-42(53)17-20-56-23-24-58-27-28-60-30-29-59-26-25-57-22-21-55-2)34-36(38)33-35(43(39)40(44)14-15-41(44)52)11-8-6-4-3-5-7-9-31-62(54)32-10-18-45(47,48)46(49,50)51/h12-13,34-35,39-41,43,52H,3-11,14-33H2,1-2H3/t35-,39-,40+,41+,43-,44+,62?/m1/s1. The second-order valence-corrected chi connectivity index (χ2v) is 19.1. The Labute approximate surface area is 368 Å². The average molecular weight is 913 g/mol. The summed E-state index contributed by atoms with van der Waals surface area (Å²) in [4.78, 5) is 12.8. The number of methoxy groups -OCH3 is 1. The predicted octanol–water partition coefficient (Wildman–Crippen LogP) is 9.00. The number of aliphatic hydroxyl groups excluding tert-OH is 1. The van der Waals surface area contributed by atoms with Crippen molar-refractivity contribution in [3.63, 3.8) is 0 Å². The summed E-state index contributed by atoms with van der Waals surface area (Å²) >= 11 is 0. The summed E-state index contributed by atoms with van der Waals surface area (Å²) in [6, 6.07) is 6.14. The number of esters is 1. The normalized spacial score (nSPS) is 24.1. The third-order valence-corrected chi connectivity index (χ3v) is 14.6. The number of hydrogen-bond acceptors (Lipinski definition) is 10. The summed E-state index contributed by atoms with van der Waals surface area (Å²) in [5, 5.41) is 11.1. The van der Waals surface area contributed by atoms with Gasteiger partial charge < -0.3 is 38.3 Å². The van der Waals surface area contributed by atoms with Crippen LogP contribution in [0.15, 0.2) is 18.2 Å². The van der Waals surface area contributed by atoms with Crippen molar-refractivity contribution < 1.29 is 69.2 Å². The van der Waals surface area contributed by atoms with E-state index in [2.05, 4.69) is 19.1 Å². The molecule has 0 spiro atoms. The zero-order chi connectivity index (χ0) is 44.9. The van der Waals surface area contributed by atoms with Gasteiger partial charge in [-0.3, -0.25) is 9.00 Å². The molecule has 62 heavy (non-hydrogen) atoms. The van der Waals surface area contributed by atoms with Gasteiger partial charge in [-0.05, 0) is 104 Å². The highest BCUT2D eigenvalue weighted by atomic mass is 32.2. The fraction of sp³-hybridized carbons (Fsp3) is 0.848. The molecule has 0 aliphatic heterocycles. The van der Waals surface area contributed by atoms with Gasteiger partial charge in [-0.1, -0.05) is 51.5 Å². The molecule has 3 aliphatic carbocycles. The van der Waals surface area contributed by atoms with Gasteiger partial charge in [0.15, 0.2) is 0 Å². The number of alkyl halides is 5. The molecule has 358 valence electrons. The van der Waals surface area contributed by atoms with Crippen LogP contribution in [0.5, 0.6) is 5.75 Å². The van der Waals surface area contributed by atoms with Crippen molar-refractivity contribution in [2.45, 2.75) is 134 Å². The molecule has 1 unspecified atom stereocenters. The molecule has 0 aromatic heterocycles. The van der Waals surface area contributed by atoms with Crippen molar-refractivity contribution >= 4 is 16.8 Å².